The van der Waals surface area contributed by atoms with Crippen LogP contribution in [0.4, 0.5) is 8.78 Å². The molecule has 0 aliphatic rings. The van der Waals surface area contributed by atoms with Crippen molar-refractivity contribution in [3.8, 4) is 0 Å². The average molecular weight is 200 g/mol. The van der Waals surface area contributed by atoms with Crippen molar-refractivity contribution in [3.05, 3.63) is 34.9 Å². The lowest BCUT2D eigenvalue weighted by molar-refractivity contribution is -0.136. The number of benzene rings is 1. The van der Waals surface area contributed by atoms with Gasteiger partial charge in [-0.25, -0.2) is 8.78 Å². The Morgan fingerprint density at radius 2 is 1.50 bits per heavy atom. The highest BCUT2D eigenvalue weighted by molar-refractivity contribution is 5.70. The molecule has 0 aromatic heterocycles. The minimum absolute atomic E-state index is 0.208. The molecule has 2 nitrogen and oxygen atoms in total. The van der Waals surface area contributed by atoms with Crippen molar-refractivity contribution in [3.63, 3.8) is 0 Å². The van der Waals surface area contributed by atoms with Crippen LogP contribution in [0.5, 0.6) is 0 Å². The second-order valence-electron chi connectivity index (χ2n) is 3.00. The van der Waals surface area contributed by atoms with Crippen molar-refractivity contribution in [2.24, 2.45) is 0 Å². The van der Waals surface area contributed by atoms with Gasteiger partial charge in [-0.2, -0.15) is 0 Å². The highest BCUT2D eigenvalue weighted by Crippen LogP contribution is 2.13. The third-order valence-electron chi connectivity index (χ3n) is 1.78. The second kappa shape index (κ2) is 4.69. The van der Waals surface area contributed by atoms with Gasteiger partial charge in [-0.05, 0) is 16.7 Å². The van der Waals surface area contributed by atoms with E-state index in [1.54, 1.807) is 0 Å². The van der Waals surface area contributed by atoms with E-state index in [2.05, 4.69) is 0 Å². The molecule has 0 radical (unpaired) electrons. The molecule has 0 atom stereocenters. The summed E-state index contributed by atoms with van der Waals surface area (Å²) in [4.78, 5) is 10.4. The number of carboxylic acids is 1. The second-order valence-corrected chi connectivity index (χ2v) is 3.00. The largest absolute Gasteiger partial charge is 0.481 e. The number of halogens is 2. The molecule has 0 bridgehead atoms. The summed E-state index contributed by atoms with van der Waals surface area (Å²) in [6.07, 6.45) is -0.208. The quantitative estimate of drug-likeness (QED) is 0.809. The number of hydrogen-bond acceptors (Lipinski definition) is 1. The van der Waals surface area contributed by atoms with Crippen molar-refractivity contribution in [1.29, 1.82) is 0 Å². The Morgan fingerprint density at radius 3 is 1.86 bits per heavy atom. The minimum atomic E-state index is -1.01. The van der Waals surface area contributed by atoms with E-state index in [1.165, 1.54) is 18.2 Å². The molecule has 0 spiro atoms. The number of hydrogen-bond donors (Lipinski definition) is 1. The SMILES string of the molecule is O=C(O)Cc1cc(CF)cc(CF)c1. The fourth-order valence-electron chi connectivity index (χ4n) is 1.27. The average Bonchev–Trinajstić information content (AvgIpc) is 2.16. The molecule has 0 saturated heterocycles. The first-order valence-electron chi connectivity index (χ1n) is 4.11. The summed E-state index contributed by atoms with van der Waals surface area (Å²) < 4.78 is 24.6. The normalized spacial score (nSPS) is 10.1. The molecule has 0 saturated carbocycles. The summed E-state index contributed by atoms with van der Waals surface area (Å²) in [6.45, 7) is -1.42. The van der Waals surface area contributed by atoms with Gasteiger partial charge in [0.1, 0.15) is 13.3 Å². The summed E-state index contributed by atoms with van der Waals surface area (Å²) in [7, 11) is 0. The van der Waals surface area contributed by atoms with Crippen molar-refractivity contribution in [1.82, 2.24) is 0 Å². The molecule has 1 N–H and O–H groups in total. The van der Waals surface area contributed by atoms with Gasteiger partial charge in [-0.3, -0.25) is 4.79 Å². The number of carbonyl (C=O) groups is 1. The Bertz CT molecular complexity index is 315. The Morgan fingerprint density at radius 1 is 1.07 bits per heavy atom. The van der Waals surface area contributed by atoms with Crippen LogP contribution >= 0.6 is 0 Å². The van der Waals surface area contributed by atoms with Crippen LogP contribution < -0.4 is 0 Å². The number of aliphatic carboxylic acids is 1. The van der Waals surface area contributed by atoms with Gasteiger partial charge in [0.05, 0.1) is 6.42 Å². The van der Waals surface area contributed by atoms with Gasteiger partial charge in [0.25, 0.3) is 0 Å². The van der Waals surface area contributed by atoms with Crippen LogP contribution in [0, 0.1) is 0 Å². The van der Waals surface area contributed by atoms with E-state index < -0.39 is 19.3 Å². The maximum absolute atomic E-state index is 12.3. The fourth-order valence-corrected chi connectivity index (χ4v) is 1.27. The molecular formula is C10H10F2O2. The van der Waals surface area contributed by atoms with E-state index in [0.717, 1.165) is 0 Å². The predicted octanol–water partition coefficient (Wildman–Crippen LogP) is 2.25. The number of alkyl halides is 2. The highest BCUT2D eigenvalue weighted by atomic mass is 19.1. The number of carboxylic acid groups (broad SMARTS) is 1. The summed E-state index contributed by atoms with van der Waals surface area (Å²) in [5, 5.41) is 8.51. The smallest absolute Gasteiger partial charge is 0.307 e. The van der Waals surface area contributed by atoms with E-state index >= 15 is 0 Å². The van der Waals surface area contributed by atoms with Crippen molar-refractivity contribution < 1.29 is 18.7 Å². The fraction of sp³-hybridized carbons (Fsp3) is 0.300. The molecule has 0 fully saturated rings. The first-order chi connectivity index (χ1) is 6.65. The van der Waals surface area contributed by atoms with Crippen LogP contribution in [0.3, 0.4) is 0 Å². The van der Waals surface area contributed by atoms with E-state index in [4.69, 9.17) is 5.11 Å². The van der Waals surface area contributed by atoms with E-state index in [1.807, 2.05) is 0 Å². The molecule has 0 heterocycles. The van der Waals surface area contributed by atoms with E-state index in [9.17, 15) is 13.6 Å². The Labute approximate surface area is 80.2 Å². The molecular weight excluding hydrogens is 190 g/mol. The minimum Gasteiger partial charge on any atom is -0.481 e. The third-order valence-corrected chi connectivity index (χ3v) is 1.78. The highest BCUT2D eigenvalue weighted by Gasteiger charge is 2.04. The van der Waals surface area contributed by atoms with Crippen LogP contribution in [0.15, 0.2) is 18.2 Å². The zero-order valence-corrected chi connectivity index (χ0v) is 7.46. The van der Waals surface area contributed by atoms with Crippen LogP contribution in [-0.4, -0.2) is 11.1 Å². The van der Waals surface area contributed by atoms with Crippen LogP contribution in [-0.2, 0) is 24.6 Å². The van der Waals surface area contributed by atoms with Crippen LogP contribution in [0.25, 0.3) is 0 Å². The molecule has 0 aliphatic carbocycles. The van der Waals surface area contributed by atoms with Gasteiger partial charge in [-0.1, -0.05) is 18.2 Å². The molecule has 0 aliphatic heterocycles. The predicted molar refractivity (Wildman–Crippen MR) is 47.4 cm³/mol. The van der Waals surface area contributed by atoms with E-state index in [0.29, 0.717) is 16.7 Å². The molecule has 14 heavy (non-hydrogen) atoms. The molecule has 4 heteroatoms. The van der Waals surface area contributed by atoms with Gasteiger partial charge < -0.3 is 5.11 Å². The van der Waals surface area contributed by atoms with Gasteiger partial charge in [0.2, 0.25) is 0 Å². The van der Waals surface area contributed by atoms with Gasteiger partial charge in [0, 0.05) is 0 Å². The third kappa shape index (κ3) is 2.80. The van der Waals surface area contributed by atoms with Crippen LogP contribution in [0.2, 0.25) is 0 Å². The standard InChI is InChI=1S/C10H10F2O2/c11-5-8-1-7(4-10(13)14)2-9(3-8)6-12/h1-3H,4-6H2,(H,13,14). The Kier molecular flexibility index (Phi) is 3.56. The summed E-state index contributed by atoms with van der Waals surface area (Å²) in [5.74, 6) is -1.01. The molecule has 1 aromatic carbocycles. The van der Waals surface area contributed by atoms with Crippen LogP contribution in [0.1, 0.15) is 16.7 Å². The monoisotopic (exact) mass is 200 g/mol. The maximum atomic E-state index is 12.3. The zero-order chi connectivity index (χ0) is 10.6. The topological polar surface area (TPSA) is 37.3 Å². The lowest BCUT2D eigenvalue weighted by atomic mass is 10.0. The summed E-state index contributed by atoms with van der Waals surface area (Å²) in [5.41, 5.74) is 1.06. The van der Waals surface area contributed by atoms with Crippen molar-refractivity contribution >= 4 is 5.97 Å². The lowest BCUT2D eigenvalue weighted by Crippen LogP contribution is -2.01. The Hall–Kier alpha value is -1.45. The molecule has 1 rings (SSSR count). The Balaban J connectivity index is 2.98. The molecule has 0 amide bonds. The maximum Gasteiger partial charge on any atom is 0.307 e. The summed E-state index contributed by atoms with van der Waals surface area (Å²) in [6, 6.07) is 4.27. The molecule has 0 unspecified atom stereocenters. The van der Waals surface area contributed by atoms with Crippen molar-refractivity contribution in [2.75, 3.05) is 0 Å². The molecule has 1 aromatic rings. The lowest BCUT2D eigenvalue weighted by Gasteiger charge is -2.03. The van der Waals surface area contributed by atoms with Gasteiger partial charge >= 0.3 is 5.97 Å². The summed E-state index contributed by atoms with van der Waals surface area (Å²) >= 11 is 0. The zero-order valence-electron chi connectivity index (χ0n) is 7.46. The first kappa shape index (κ1) is 10.6. The number of rotatable bonds is 4. The first-order valence-corrected chi connectivity index (χ1v) is 4.11. The molecule has 76 valence electrons. The van der Waals surface area contributed by atoms with Gasteiger partial charge in [0.15, 0.2) is 0 Å². The van der Waals surface area contributed by atoms with E-state index in [-0.39, 0.29) is 6.42 Å². The van der Waals surface area contributed by atoms with Gasteiger partial charge in [-0.15, -0.1) is 0 Å². The van der Waals surface area contributed by atoms with Crippen molar-refractivity contribution in [2.45, 2.75) is 19.8 Å².